The average Bonchev–Trinajstić information content (AvgIpc) is 2.47. The van der Waals surface area contributed by atoms with Gasteiger partial charge in [-0.3, -0.25) is 0 Å². The number of aliphatic hydroxyl groups excluding tert-OH is 1. The molecular formula is C15H24N2O3S. The molecule has 1 aliphatic heterocycles. The molecule has 2 rings (SSSR count). The van der Waals surface area contributed by atoms with Gasteiger partial charge in [-0.15, -0.1) is 0 Å². The number of likely N-dealkylation sites (N-methyl/N-ethyl adjacent to an activating group) is 1. The van der Waals surface area contributed by atoms with E-state index in [2.05, 4.69) is 11.8 Å². The molecule has 5 nitrogen and oxygen atoms in total. The Morgan fingerprint density at radius 3 is 2.43 bits per heavy atom. The van der Waals surface area contributed by atoms with Crippen LogP contribution in [0.15, 0.2) is 29.2 Å². The second-order valence-electron chi connectivity index (χ2n) is 5.65. The molecule has 1 aromatic rings. The molecule has 0 radical (unpaired) electrons. The molecule has 118 valence electrons. The first-order valence-electron chi connectivity index (χ1n) is 7.34. The van der Waals surface area contributed by atoms with Crippen LogP contribution in [0.1, 0.15) is 31.9 Å². The molecule has 0 spiro atoms. The Bertz CT molecular complexity index is 569. The fourth-order valence-corrected chi connectivity index (χ4v) is 4.11. The largest absolute Gasteiger partial charge is 0.389 e. The van der Waals surface area contributed by atoms with Crippen molar-refractivity contribution in [1.29, 1.82) is 0 Å². The monoisotopic (exact) mass is 312 g/mol. The highest BCUT2D eigenvalue weighted by atomic mass is 32.2. The van der Waals surface area contributed by atoms with Crippen molar-refractivity contribution in [3.63, 3.8) is 0 Å². The highest BCUT2D eigenvalue weighted by molar-refractivity contribution is 7.89. The van der Waals surface area contributed by atoms with Gasteiger partial charge in [0, 0.05) is 25.7 Å². The fourth-order valence-electron chi connectivity index (χ4n) is 2.64. The van der Waals surface area contributed by atoms with Crippen LogP contribution < -0.4 is 0 Å². The van der Waals surface area contributed by atoms with Crippen LogP contribution in [0.3, 0.4) is 0 Å². The van der Waals surface area contributed by atoms with Crippen molar-refractivity contribution in [2.24, 2.45) is 0 Å². The molecule has 0 aromatic heterocycles. The quantitative estimate of drug-likeness (QED) is 0.914. The summed E-state index contributed by atoms with van der Waals surface area (Å²) < 4.78 is 26.9. The van der Waals surface area contributed by atoms with Gasteiger partial charge in [0.2, 0.25) is 10.0 Å². The van der Waals surface area contributed by atoms with Crippen LogP contribution in [0.5, 0.6) is 0 Å². The summed E-state index contributed by atoms with van der Waals surface area (Å²) in [5, 5.41) is 9.50. The van der Waals surface area contributed by atoms with Gasteiger partial charge in [-0.05, 0) is 38.1 Å². The number of hydrogen-bond acceptors (Lipinski definition) is 4. The van der Waals surface area contributed by atoms with Crippen molar-refractivity contribution >= 4 is 10.0 Å². The van der Waals surface area contributed by atoms with E-state index in [-0.39, 0.29) is 6.04 Å². The lowest BCUT2D eigenvalue weighted by Gasteiger charge is -2.38. The van der Waals surface area contributed by atoms with E-state index in [0.717, 1.165) is 18.5 Å². The third-order valence-corrected chi connectivity index (χ3v) is 6.09. The summed E-state index contributed by atoms with van der Waals surface area (Å²) in [4.78, 5) is 2.51. The molecule has 2 unspecified atom stereocenters. The molecule has 0 saturated carbocycles. The van der Waals surface area contributed by atoms with E-state index >= 15 is 0 Å². The van der Waals surface area contributed by atoms with E-state index in [1.54, 1.807) is 35.5 Å². The normalized spacial score (nSPS) is 23.1. The first-order chi connectivity index (χ1) is 9.86. The third kappa shape index (κ3) is 3.45. The topological polar surface area (TPSA) is 60.9 Å². The van der Waals surface area contributed by atoms with Crippen LogP contribution in [0, 0.1) is 0 Å². The lowest BCUT2D eigenvalue weighted by molar-refractivity contribution is 0.144. The molecular weight excluding hydrogens is 288 g/mol. The molecule has 1 aromatic carbocycles. The molecule has 0 aliphatic carbocycles. The standard InChI is InChI=1S/C15H24N2O3S/c1-4-14-11-17(10-9-16(14)3)21(19,20)15-7-5-13(6-8-15)12(2)18/h5-8,12,14,18H,4,9-11H2,1-3H3. The third-order valence-electron chi connectivity index (χ3n) is 4.21. The lowest BCUT2D eigenvalue weighted by atomic mass is 10.1. The molecule has 1 heterocycles. The van der Waals surface area contributed by atoms with Crippen molar-refractivity contribution in [2.45, 2.75) is 37.3 Å². The van der Waals surface area contributed by atoms with Crippen LogP contribution in [-0.4, -0.2) is 55.5 Å². The van der Waals surface area contributed by atoms with E-state index in [1.165, 1.54) is 0 Å². The van der Waals surface area contributed by atoms with Gasteiger partial charge in [-0.25, -0.2) is 8.42 Å². The Balaban J connectivity index is 2.21. The maximum Gasteiger partial charge on any atom is 0.243 e. The minimum absolute atomic E-state index is 0.269. The molecule has 1 aliphatic rings. The second-order valence-corrected chi connectivity index (χ2v) is 7.59. The van der Waals surface area contributed by atoms with Gasteiger partial charge in [0.1, 0.15) is 0 Å². The van der Waals surface area contributed by atoms with Gasteiger partial charge in [0.15, 0.2) is 0 Å². The molecule has 0 bridgehead atoms. The number of hydrogen-bond donors (Lipinski definition) is 1. The van der Waals surface area contributed by atoms with Gasteiger partial charge in [-0.2, -0.15) is 4.31 Å². The average molecular weight is 312 g/mol. The van der Waals surface area contributed by atoms with E-state index in [1.807, 2.05) is 7.05 Å². The molecule has 1 fully saturated rings. The summed E-state index contributed by atoms with van der Waals surface area (Å²) in [6, 6.07) is 6.77. The summed E-state index contributed by atoms with van der Waals surface area (Å²) in [5.74, 6) is 0. The molecule has 2 atom stereocenters. The predicted octanol–water partition coefficient (Wildman–Crippen LogP) is 1.45. The Morgan fingerprint density at radius 2 is 1.90 bits per heavy atom. The van der Waals surface area contributed by atoms with E-state index < -0.39 is 16.1 Å². The maximum absolute atomic E-state index is 12.7. The summed E-state index contributed by atoms with van der Waals surface area (Å²) >= 11 is 0. The minimum atomic E-state index is -3.45. The number of rotatable bonds is 4. The molecule has 0 amide bonds. The van der Waals surface area contributed by atoms with Crippen LogP contribution in [-0.2, 0) is 10.0 Å². The first-order valence-corrected chi connectivity index (χ1v) is 8.78. The van der Waals surface area contributed by atoms with Crippen LogP contribution in [0.2, 0.25) is 0 Å². The second kappa shape index (κ2) is 6.44. The Hall–Kier alpha value is -0.950. The minimum Gasteiger partial charge on any atom is -0.389 e. The first kappa shape index (κ1) is 16.4. The zero-order valence-corrected chi connectivity index (χ0v) is 13.7. The summed E-state index contributed by atoms with van der Waals surface area (Å²) in [6.07, 6.45) is 0.346. The highest BCUT2D eigenvalue weighted by Crippen LogP contribution is 2.22. The SMILES string of the molecule is CCC1CN(S(=O)(=O)c2ccc(C(C)O)cc2)CCN1C. The van der Waals surface area contributed by atoms with Crippen molar-refractivity contribution < 1.29 is 13.5 Å². The van der Waals surface area contributed by atoms with Crippen molar-refractivity contribution in [3.05, 3.63) is 29.8 Å². The van der Waals surface area contributed by atoms with Crippen molar-refractivity contribution in [1.82, 2.24) is 9.21 Å². The van der Waals surface area contributed by atoms with Gasteiger partial charge >= 0.3 is 0 Å². The number of aliphatic hydroxyl groups is 1. The van der Waals surface area contributed by atoms with Crippen LogP contribution in [0.4, 0.5) is 0 Å². The molecule has 21 heavy (non-hydrogen) atoms. The molecule has 1 N–H and O–H groups in total. The van der Waals surface area contributed by atoms with E-state index in [4.69, 9.17) is 0 Å². The van der Waals surface area contributed by atoms with Gasteiger partial charge in [-0.1, -0.05) is 19.1 Å². The van der Waals surface area contributed by atoms with E-state index in [0.29, 0.717) is 18.0 Å². The zero-order chi connectivity index (χ0) is 15.6. The highest BCUT2D eigenvalue weighted by Gasteiger charge is 2.31. The Labute approximate surface area is 127 Å². The maximum atomic E-state index is 12.7. The van der Waals surface area contributed by atoms with Gasteiger partial charge in [0.05, 0.1) is 11.0 Å². The summed E-state index contributed by atoms with van der Waals surface area (Å²) in [5.41, 5.74) is 0.721. The van der Waals surface area contributed by atoms with Gasteiger partial charge in [0.25, 0.3) is 0 Å². The number of piperazine rings is 1. The fraction of sp³-hybridized carbons (Fsp3) is 0.600. The smallest absolute Gasteiger partial charge is 0.243 e. The zero-order valence-electron chi connectivity index (χ0n) is 12.9. The van der Waals surface area contributed by atoms with Crippen molar-refractivity contribution in [2.75, 3.05) is 26.7 Å². The Morgan fingerprint density at radius 1 is 1.29 bits per heavy atom. The number of sulfonamides is 1. The molecule has 6 heteroatoms. The van der Waals surface area contributed by atoms with Crippen molar-refractivity contribution in [3.8, 4) is 0 Å². The van der Waals surface area contributed by atoms with Crippen LogP contribution in [0.25, 0.3) is 0 Å². The van der Waals surface area contributed by atoms with E-state index in [9.17, 15) is 13.5 Å². The number of nitrogens with zero attached hydrogens (tertiary/aromatic N) is 2. The summed E-state index contributed by atoms with van der Waals surface area (Å²) in [7, 11) is -1.41. The lowest BCUT2D eigenvalue weighted by Crippen LogP contribution is -2.52. The Kier molecular flexibility index (Phi) is 5.03. The predicted molar refractivity (Wildman–Crippen MR) is 82.5 cm³/mol. The van der Waals surface area contributed by atoms with Gasteiger partial charge < -0.3 is 10.0 Å². The summed E-state index contributed by atoms with van der Waals surface area (Å²) in [6.45, 7) is 5.55. The molecule has 1 saturated heterocycles. The number of benzene rings is 1. The van der Waals surface area contributed by atoms with Crippen LogP contribution >= 0.6 is 0 Å².